The molecule has 0 spiro atoms. The van der Waals surface area contributed by atoms with Crippen molar-refractivity contribution in [1.29, 1.82) is 0 Å². The summed E-state index contributed by atoms with van der Waals surface area (Å²) in [6.45, 7) is 0. The molecule has 9 heteroatoms. The quantitative estimate of drug-likeness (QED) is 0.458. The average molecular weight is 414 g/mol. The van der Waals surface area contributed by atoms with Crippen molar-refractivity contribution in [2.24, 2.45) is 5.10 Å². The van der Waals surface area contributed by atoms with Gasteiger partial charge in [-0.1, -0.05) is 34.1 Å². The van der Waals surface area contributed by atoms with Crippen molar-refractivity contribution in [3.8, 4) is 0 Å². The Balaban J connectivity index is 1.95. The molecular weight excluding hydrogens is 403 g/mol. The molecular formula is C16H11BrF3N3O2. The standard InChI is InChI=1S/C16H11BrF3N3O2/c17-12-5-1-3-10(7-12)9-21-23-15(25)14(24)22-13-6-2-4-11(8-13)16(18,19)20/h1-9H,(H,22,24)(H,23,25)/b21-9+. The van der Waals surface area contributed by atoms with Gasteiger partial charge in [0.25, 0.3) is 0 Å². The number of hydrogen-bond acceptors (Lipinski definition) is 3. The molecule has 0 fully saturated rings. The number of rotatable bonds is 3. The normalized spacial score (nSPS) is 11.4. The van der Waals surface area contributed by atoms with E-state index in [4.69, 9.17) is 0 Å². The zero-order valence-corrected chi connectivity index (χ0v) is 14.1. The van der Waals surface area contributed by atoms with Gasteiger partial charge in [-0.2, -0.15) is 18.3 Å². The molecule has 0 aliphatic heterocycles. The predicted octanol–water partition coefficient (Wildman–Crippen LogP) is 3.56. The monoisotopic (exact) mass is 413 g/mol. The topological polar surface area (TPSA) is 70.6 Å². The van der Waals surface area contributed by atoms with Crippen LogP contribution in [0.4, 0.5) is 18.9 Å². The van der Waals surface area contributed by atoms with Crippen LogP contribution in [0, 0.1) is 0 Å². The van der Waals surface area contributed by atoms with E-state index in [9.17, 15) is 22.8 Å². The molecule has 5 nitrogen and oxygen atoms in total. The molecule has 2 aromatic rings. The molecule has 25 heavy (non-hydrogen) atoms. The second-order valence-electron chi connectivity index (χ2n) is 4.79. The molecule has 0 aliphatic carbocycles. The van der Waals surface area contributed by atoms with Gasteiger partial charge in [0.1, 0.15) is 0 Å². The summed E-state index contributed by atoms with van der Waals surface area (Å²) in [5, 5.41) is 5.70. The number of anilines is 1. The minimum Gasteiger partial charge on any atom is -0.318 e. The number of benzene rings is 2. The number of alkyl halides is 3. The summed E-state index contributed by atoms with van der Waals surface area (Å²) in [5.41, 5.74) is 1.59. The van der Waals surface area contributed by atoms with Crippen LogP contribution in [-0.4, -0.2) is 18.0 Å². The molecule has 0 aliphatic rings. The van der Waals surface area contributed by atoms with Gasteiger partial charge in [-0.05, 0) is 35.9 Å². The predicted molar refractivity (Wildman–Crippen MR) is 90.0 cm³/mol. The van der Waals surface area contributed by atoms with Crippen LogP contribution in [0.25, 0.3) is 0 Å². The Hall–Kier alpha value is -2.68. The highest BCUT2D eigenvalue weighted by atomic mass is 79.9. The summed E-state index contributed by atoms with van der Waals surface area (Å²) in [7, 11) is 0. The van der Waals surface area contributed by atoms with Crippen LogP contribution in [0.15, 0.2) is 58.1 Å². The Kier molecular flexibility index (Phi) is 5.92. The largest absolute Gasteiger partial charge is 0.416 e. The molecule has 0 saturated carbocycles. The molecule has 0 heterocycles. The van der Waals surface area contributed by atoms with E-state index in [-0.39, 0.29) is 5.69 Å². The van der Waals surface area contributed by atoms with Gasteiger partial charge in [0.15, 0.2) is 0 Å². The third-order valence-electron chi connectivity index (χ3n) is 2.88. The van der Waals surface area contributed by atoms with E-state index in [1.165, 1.54) is 12.3 Å². The summed E-state index contributed by atoms with van der Waals surface area (Å²) < 4.78 is 38.6. The Morgan fingerprint density at radius 1 is 1.04 bits per heavy atom. The Labute approximate surface area is 149 Å². The Bertz CT molecular complexity index is 822. The summed E-state index contributed by atoms with van der Waals surface area (Å²) in [4.78, 5) is 23.3. The van der Waals surface area contributed by atoms with Crippen LogP contribution >= 0.6 is 15.9 Å². The Morgan fingerprint density at radius 2 is 1.76 bits per heavy atom. The number of carbonyl (C=O) groups is 2. The van der Waals surface area contributed by atoms with E-state index in [1.807, 2.05) is 5.43 Å². The molecule has 0 aromatic heterocycles. The third-order valence-corrected chi connectivity index (χ3v) is 3.38. The first-order valence-corrected chi connectivity index (χ1v) is 7.62. The maximum absolute atomic E-state index is 12.6. The van der Waals surface area contributed by atoms with Gasteiger partial charge >= 0.3 is 18.0 Å². The minimum atomic E-state index is -4.54. The lowest BCUT2D eigenvalue weighted by Crippen LogP contribution is -2.32. The van der Waals surface area contributed by atoms with Gasteiger partial charge in [-0.25, -0.2) is 5.43 Å². The van der Waals surface area contributed by atoms with E-state index in [0.717, 1.165) is 22.7 Å². The van der Waals surface area contributed by atoms with Gasteiger partial charge in [0.2, 0.25) is 0 Å². The van der Waals surface area contributed by atoms with E-state index in [0.29, 0.717) is 5.56 Å². The van der Waals surface area contributed by atoms with Crippen molar-refractivity contribution in [3.05, 3.63) is 64.1 Å². The van der Waals surface area contributed by atoms with Crippen LogP contribution in [0.5, 0.6) is 0 Å². The van der Waals surface area contributed by atoms with Gasteiger partial charge in [-0.3, -0.25) is 9.59 Å². The highest BCUT2D eigenvalue weighted by Crippen LogP contribution is 2.30. The molecule has 2 N–H and O–H groups in total. The van der Waals surface area contributed by atoms with Gasteiger partial charge < -0.3 is 5.32 Å². The molecule has 0 radical (unpaired) electrons. The number of nitrogens with one attached hydrogen (secondary N) is 2. The molecule has 0 atom stereocenters. The number of halogens is 4. The van der Waals surface area contributed by atoms with Crippen molar-refractivity contribution in [2.75, 3.05) is 5.32 Å². The fourth-order valence-corrected chi connectivity index (χ4v) is 2.18. The second kappa shape index (κ2) is 7.93. The fourth-order valence-electron chi connectivity index (χ4n) is 1.76. The first-order valence-electron chi connectivity index (χ1n) is 6.83. The molecule has 2 rings (SSSR count). The lowest BCUT2D eigenvalue weighted by Gasteiger charge is -2.09. The molecule has 0 saturated heterocycles. The summed E-state index contributed by atoms with van der Waals surface area (Å²) in [5.74, 6) is -2.24. The van der Waals surface area contributed by atoms with Crippen molar-refractivity contribution < 1.29 is 22.8 Å². The van der Waals surface area contributed by atoms with Crippen LogP contribution < -0.4 is 10.7 Å². The van der Waals surface area contributed by atoms with Gasteiger partial charge in [0, 0.05) is 10.2 Å². The zero-order valence-electron chi connectivity index (χ0n) is 12.5. The minimum absolute atomic E-state index is 0.147. The molecule has 2 amide bonds. The first-order chi connectivity index (χ1) is 11.8. The van der Waals surface area contributed by atoms with Crippen LogP contribution in [0.1, 0.15) is 11.1 Å². The number of hydrogen-bond donors (Lipinski definition) is 2. The van der Waals surface area contributed by atoms with Crippen LogP contribution in [0.2, 0.25) is 0 Å². The van der Waals surface area contributed by atoms with Crippen LogP contribution in [0.3, 0.4) is 0 Å². The van der Waals surface area contributed by atoms with Gasteiger partial charge in [0.05, 0.1) is 11.8 Å². The maximum Gasteiger partial charge on any atom is 0.416 e. The second-order valence-corrected chi connectivity index (χ2v) is 5.70. The number of hydrazone groups is 1. The van der Waals surface area contributed by atoms with Gasteiger partial charge in [-0.15, -0.1) is 0 Å². The highest BCUT2D eigenvalue weighted by molar-refractivity contribution is 9.10. The summed E-state index contributed by atoms with van der Waals surface area (Å²) in [6, 6.07) is 11.0. The summed E-state index contributed by atoms with van der Waals surface area (Å²) in [6.07, 6.45) is -3.22. The van der Waals surface area contributed by atoms with Crippen molar-refractivity contribution in [3.63, 3.8) is 0 Å². The highest BCUT2D eigenvalue weighted by Gasteiger charge is 2.30. The van der Waals surface area contributed by atoms with E-state index in [1.54, 1.807) is 24.3 Å². The number of nitrogens with zero attached hydrogens (tertiary/aromatic N) is 1. The van der Waals surface area contributed by atoms with E-state index < -0.39 is 23.6 Å². The number of amides is 2. The maximum atomic E-state index is 12.6. The zero-order chi connectivity index (χ0) is 18.4. The fraction of sp³-hybridized carbons (Fsp3) is 0.0625. The van der Waals surface area contributed by atoms with E-state index in [2.05, 4.69) is 26.3 Å². The smallest absolute Gasteiger partial charge is 0.318 e. The van der Waals surface area contributed by atoms with E-state index >= 15 is 0 Å². The first kappa shape index (κ1) is 18.7. The average Bonchev–Trinajstić information content (AvgIpc) is 2.54. The lowest BCUT2D eigenvalue weighted by atomic mass is 10.2. The lowest BCUT2D eigenvalue weighted by molar-refractivity contribution is -0.137. The molecule has 0 unspecified atom stereocenters. The Morgan fingerprint density at radius 3 is 2.44 bits per heavy atom. The number of carbonyl (C=O) groups excluding carboxylic acids is 2. The third kappa shape index (κ3) is 5.71. The SMILES string of the molecule is O=C(N/N=C/c1cccc(Br)c1)C(=O)Nc1cccc(C(F)(F)F)c1. The van der Waals surface area contributed by atoms with Crippen molar-refractivity contribution >= 4 is 39.6 Å². The molecule has 2 aromatic carbocycles. The van der Waals surface area contributed by atoms with Crippen LogP contribution in [-0.2, 0) is 15.8 Å². The molecule has 130 valence electrons. The molecule has 0 bridgehead atoms. The van der Waals surface area contributed by atoms with Crippen molar-refractivity contribution in [1.82, 2.24) is 5.43 Å². The summed E-state index contributed by atoms with van der Waals surface area (Å²) >= 11 is 3.27. The van der Waals surface area contributed by atoms with Crippen molar-refractivity contribution in [2.45, 2.75) is 6.18 Å².